The van der Waals surface area contributed by atoms with Crippen LogP contribution in [-0.2, 0) is 9.47 Å². The molecule has 26 heavy (non-hydrogen) atoms. The molecule has 1 N–H and O–H groups in total. The Morgan fingerprint density at radius 3 is 3.00 bits per heavy atom. The Balaban J connectivity index is 1.33. The van der Waals surface area contributed by atoms with Gasteiger partial charge >= 0.3 is 6.03 Å². The lowest BCUT2D eigenvalue weighted by Gasteiger charge is -2.38. The minimum atomic E-state index is -0.183. The smallest absolute Gasteiger partial charge is 0.317 e. The first kappa shape index (κ1) is 17.8. The Morgan fingerprint density at radius 2 is 2.27 bits per heavy atom. The predicted octanol–water partition coefficient (Wildman–Crippen LogP) is 3.48. The molecule has 140 valence electrons. The molecule has 3 aliphatic heterocycles. The molecule has 5 nitrogen and oxygen atoms in total. The fraction of sp³-hybridized carbons (Fsp3) is 0.550. The summed E-state index contributed by atoms with van der Waals surface area (Å²) in [6.45, 7) is 3.44. The molecule has 2 unspecified atom stereocenters. The Labute approximate surface area is 159 Å². The number of halogens is 1. The SMILES string of the molecule is O=C(NC1CCOC2(CCOC2)C1)N1CC=C(c2cccc(Cl)c2)CC1. The van der Waals surface area contributed by atoms with E-state index in [0.29, 0.717) is 19.8 Å². The summed E-state index contributed by atoms with van der Waals surface area (Å²) in [5, 5.41) is 3.95. The monoisotopic (exact) mass is 376 g/mol. The van der Waals surface area contributed by atoms with Crippen molar-refractivity contribution in [3.8, 4) is 0 Å². The van der Waals surface area contributed by atoms with E-state index in [1.54, 1.807) is 0 Å². The van der Waals surface area contributed by atoms with E-state index in [1.165, 1.54) is 5.57 Å². The van der Waals surface area contributed by atoms with Gasteiger partial charge in [0.1, 0.15) is 0 Å². The zero-order valence-corrected chi connectivity index (χ0v) is 15.6. The standard InChI is InChI=1S/C20H25ClN2O3/c21-17-3-1-2-16(12-17)15-4-8-23(9-5-15)19(24)22-18-6-10-26-20(13-18)7-11-25-14-20/h1-4,12,18H,5-11,13-14H2,(H,22,24). The van der Waals surface area contributed by atoms with Crippen LogP contribution in [0.4, 0.5) is 4.79 Å². The van der Waals surface area contributed by atoms with Crippen LogP contribution in [0.3, 0.4) is 0 Å². The van der Waals surface area contributed by atoms with Crippen LogP contribution in [-0.4, -0.2) is 55.5 Å². The lowest BCUT2D eigenvalue weighted by atomic mass is 9.90. The first-order valence-corrected chi connectivity index (χ1v) is 9.73. The molecule has 3 aliphatic rings. The third kappa shape index (κ3) is 3.90. The van der Waals surface area contributed by atoms with Crippen molar-refractivity contribution in [2.45, 2.75) is 37.3 Å². The third-order valence-electron chi connectivity index (χ3n) is 5.58. The number of urea groups is 1. The number of ether oxygens (including phenoxy) is 2. The van der Waals surface area contributed by atoms with Gasteiger partial charge < -0.3 is 19.7 Å². The fourth-order valence-electron chi connectivity index (χ4n) is 4.08. The van der Waals surface area contributed by atoms with Gasteiger partial charge in [-0.3, -0.25) is 0 Å². The Kier molecular flexibility index (Phi) is 5.20. The summed E-state index contributed by atoms with van der Waals surface area (Å²) in [5.41, 5.74) is 2.22. The van der Waals surface area contributed by atoms with Gasteiger partial charge in [0.25, 0.3) is 0 Å². The molecular formula is C20H25ClN2O3. The second-order valence-corrected chi connectivity index (χ2v) is 7.85. The van der Waals surface area contributed by atoms with Gasteiger partial charge in [0.2, 0.25) is 0 Å². The zero-order valence-electron chi connectivity index (χ0n) is 14.9. The van der Waals surface area contributed by atoms with Crippen molar-refractivity contribution in [3.05, 3.63) is 40.9 Å². The minimum absolute atomic E-state index is 0.0207. The van der Waals surface area contributed by atoms with E-state index in [4.69, 9.17) is 21.1 Å². The molecule has 3 heterocycles. The summed E-state index contributed by atoms with van der Waals surface area (Å²) in [7, 11) is 0. The lowest BCUT2D eigenvalue weighted by molar-refractivity contribution is -0.0881. The molecule has 2 fully saturated rings. The Hall–Kier alpha value is -1.56. The fourth-order valence-corrected chi connectivity index (χ4v) is 4.27. The molecule has 2 saturated heterocycles. The maximum absolute atomic E-state index is 12.7. The molecule has 4 rings (SSSR count). The van der Waals surface area contributed by atoms with Crippen LogP contribution in [0.15, 0.2) is 30.3 Å². The largest absolute Gasteiger partial charge is 0.378 e. The lowest BCUT2D eigenvalue weighted by Crippen LogP contribution is -2.52. The minimum Gasteiger partial charge on any atom is -0.378 e. The van der Waals surface area contributed by atoms with Crippen LogP contribution in [0.2, 0.25) is 5.02 Å². The molecule has 1 aromatic carbocycles. The number of rotatable bonds is 2. The number of carbonyl (C=O) groups is 1. The zero-order chi connectivity index (χ0) is 18.0. The third-order valence-corrected chi connectivity index (χ3v) is 5.81. The number of nitrogens with one attached hydrogen (secondary N) is 1. The van der Waals surface area contributed by atoms with Gasteiger partial charge in [0.15, 0.2) is 0 Å². The first-order chi connectivity index (χ1) is 12.6. The van der Waals surface area contributed by atoms with Crippen LogP contribution in [0.5, 0.6) is 0 Å². The van der Waals surface area contributed by atoms with Gasteiger partial charge in [0.05, 0.1) is 12.2 Å². The van der Waals surface area contributed by atoms with Crippen LogP contribution in [0.25, 0.3) is 5.57 Å². The molecule has 6 heteroatoms. The quantitative estimate of drug-likeness (QED) is 0.859. The van der Waals surface area contributed by atoms with Crippen LogP contribution in [0.1, 0.15) is 31.2 Å². The van der Waals surface area contributed by atoms with Gasteiger partial charge in [-0.2, -0.15) is 0 Å². The van der Waals surface area contributed by atoms with Crippen LogP contribution in [0, 0.1) is 0 Å². The number of amides is 2. The average Bonchev–Trinajstić information content (AvgIpc) is 3.09. The van der Waals surface area contributed by atoms with E-state index in [-0.39, 0.29) is 17.7 Å². The first-order valence-electron chi connectivity index (χ1n) is 9.36. The van der Waals surface area contributed by atoms with Crippen molar-refractivity contribution >= 4 is 23.2 Å². The molecule has 0 saturated carbocycles. The molecule has 0 aromatic heterocycles. The van der Waals surface area contributed by atoms with Crippen molar-refractivity contribution in [1.29, 1.82) is 0 Å². The van der Waals surface area contributed by atoms with Crippen molar-refractivity contribution in [3.63, 3.8) is 0 Å². The van der Waals surface area contributed by atoms with Gasteiger partial charge in [-0.1, -0.05) is 29.8 Å². The number of hydrogen-bond acceptors (Lipinski definition) is 3. The molecule has 0 radical (unpaired) electrons. The molecule has 0 bridgehead atoms. The summed E-state index contributed by atoms with van der Waals surface area (Å²) in [5.74, 6) is 0. The van der Waals surface area contributed by atoms with E-state index in [0.717, 1.165) is 49.4 Å². The van der Waals surface area contributed by atoms with Gasteiger partial charge in [-0.25, -0.2) is 4.79 Å². The molecule has 0 aliphatic carbocycles. The summed E-state index contributed by atoms with van der Waals surface area (Å²) in [6, 6.07) is 8.08. The van der Waals surface area contributed by atoms with Crippen LogP contribution >= 0.6 is 11.6 Å². The van der Waals surface area contributed by atoms with E-state index < -0.39 is 0 Å². The highest BCUT2D eigenvalue weighted by Crippen LogP contribution is 2.33. The van der Waals surface area contributed by atoms with Crippen molar-refractivity contribution in [1.82, 2.24) is 10.2 Å². The highest BCUT2D eigenvalue weighted by molar-refractivity contribution is 6.30. The summed E-state index contributed by atoms with van der Waals surface area (Å²) < 4.78 is 11.5. The number of hydrogen-bond donors (Lipinski definition) is 1. The second-order valence-electron chi connectivity index (χ2n) is 7.41. The summed E-state index contributed by atoms with van der Waals surface area (Å²) >= 11 is 6.08. The van der Waals surface area contributed by atoms with Gasteiger partial charge in [0, 0.05) is 43.8 Å². The van der Waals surface area contributed by atoms with Crippen LogP contribution < -0.4 is 5.32 Å². The molecule has 2 amide bonds. The highest BCUT2D eigenvalue weighted by atomic mass is 35.5. The molecule has 2 atom stereocenters. The highest BCUT2D eigenvalue weighted by Gasteiger charge is 2.41. The van der Waals surface area contributed by atoms with Crippen molar-refractivity contribution in [2.24, 2.45) is 0 Å². The normalized spacial score (nSPS) is 28.9. The maximum Gasteiger partial charge on any atom is 0.317 e. The molecule has 1 aromatic rings. The topological polar surface area (TPSA) is 50.8 Å². The Bertz CT molecular complexity index is 700. The molecular weight excluding hydrogens is 352 g/mol. The number of benzene rings is 1. The average molecular weight is 377 g/mol. The second kappa shape index (κ2) is 7.59. The number of nitrogens with zero attached hydrogens (tertiary/aromatic N) is 1. The van der Waals surface area contributed by atoms with E-state index >= 15 is 0 Å². The van der Waals surface area contributed by atoms with E-state index in [1.807, 2.05) is 23.1 Å². The van der Waals surface area contributed by atoms with Crippen molar-refractivity contribution in [2.75, 3.05) is 32.9 Å². The van der Waals surface area contributed by atoms with E-state index in [2.05, 4.69) is 17.5 Å². The summed E-state index contributed by atoms with van der Waals surface area (Å²) in [6.07, 6.45) is 5.61. The van der Waals surface area contributed by atoms with E-state index in [9.17, 15) is 4.79 Å². The van der Waals surface area contributed by atoms with Gasteiger partial charge in [-0.15, -0.1) is 0 Å². The van der Waals surface area contributed by atoms with Gasteiger partial charge in [-0.05, 0) is 42.5 Å². The predicted molar refractivity (Wildman–Crippen MR) is 101 cm³/mol. The Morgan fingerprint density at radius 1 is 1.35 bits per heavy atom. The summed E-state index contributed by atoms with van der Waals surface area (Å²) in [4.78, 5) is 14.5. The van der Waals surface area contributed by atoms with Crippen molar-refractivity contribution < 1.29 is 14.3 Å². The number of carbonyl (C=O) groups excluding carboxylic acids is 1. The molecule has 1 spiro atoms. The maximum atomic E-state index is 12.7.